The van der Waals surface area contributed by atoms with Gasteiger partial charge in [0.15, 0.2) is 0 Å². The van der Waals surface area contributed by atoms with E-state index in [1.807, 2.05) is 22.6 Å². The Bertz CT molecular complexity index is 310. The number of aromatic nitrogens is 1. The van der Waals surface area contributed by atoms with Crippen LogP contribution in [-0.4, -0.2) is 10.1 Å². The van der Waals surface area contributed by atoms with Crippen LogP contribution in [0.4, 0.5) is 8.78 Å². The van der Waals surface area contributed by atoms with Crippen molar-refractivity contribution in [2.45, 2.75) is 18.4 Å². The summed E-state index contributed by atoms with van der Waals surface area (Å²) in [5.41, 5.74) is 0.738. The fourth-order valence-corrected chi connectivity index (χ4v) is 2.58. The van der Waals surface area contributed by atoms with Crippen molar-refractivity contribution in [3.63, 3.8) is 0 Å². The number of hydrogen-bond donors (Lipinski definition) is 1. The van der Waals surface area contributed by atoms with E-state index in [9.17, 15) is 8.78 Å². The highest BCUT2D eigenvalue weighted by atomic mass is 127. The molecule has 1 heterocycles. The SMILES string of the molecule is OCc1nc(C(F)F)cc(CBr)c1I. The lowest BCUT2D eigenvalue weighted by molar-refractivity contribution is 0.145. The zero-order chi connectivity index (χ0) is 10.7. The Morgan fingerprint density at radius 3 is 2.64 bits per heavy atom. The number of aliphatic hydroxyl groups excluding tert-OH is 1. The summed E-state index contributed by atoms with van der Waals surface area (Å²) in [6.45, 7) is -0.321. The zero-order valence-electron chi connectivity index (χ0n) is 6.98. The number of nitrogens with zero attached hydrogens (tertiary/aromatic N) is 1. The molecule has 1 N–H and O–H groups in total. The largest absolute Gasteiger partial charge is 0.390 e. The Morgan fingerprint density at radius 2 is 2.21 bits per heavy atom. The summed E-state index contributed by atoms with van der Waals surface area (Å²) in [6, 6.07) is 1.35. The van der Waals surface area contributed by atoms with Crippen LogP contribution in [0.3, 0.4) is 0 Å². The van der Waals surface area contributed by atoms with Gasteiger partial charge in [-0.1, -0.05) is 15.9 Å². The van der Waals surface area contributed by atoms with Crippen molar-refractivity contribution < 1.29 is 13.9 Å². The van der Waals surface area contributed by atoms with Crippen LogP contribution in [0.1, 0.15) is 23.4 Å². The molecule has 0 amide bonds. The number of alkyl halides is 3. The van der Waals surface area contributed by atoms with Gasteiger partial charge in [0.2, 0.25) is 0 Å². The van der Waals surface area contributed by atoms with Crippen molar-refractivity contribution >= 4 is 38.5 Å². The normalized spacial score (nSPS) is 11.0. The molecule has 0 saturated heterocycles. The van der Waals surface area contributed by atoms with E-state index >= 15 is 0 Å². The molecule has 0 aliphatic rings. The van der Waals surface area contributed by atoms with Gasteiger partial charge in [-0.2, -0.15) is 0 Å². The van der Waals surface area contributed by atoms with Gasteiger partial charge in [0, 0.05) is 8.90 Å². The molecule has 1 rings (SSSR count). The van der Waals surface area contributed by atoms with Gasteiger partial charge in [-0.15, -0.1) is 0 Å². The maximum atomic E-state index is 12.4. The minimum Gasteiger partial charge on any atom is -0.390 e. The summed E-state index contributed by atoms with van der Waals surface area (Å²) >= 11 is 5.18. The fourth-order valence-electron chi connectivity index (χ4n) is 0.978. The smallest absolute Gasteiger partial charge is 0.280 e. The third kappa shape index (κ3) is 2.60. The van der Waals surface area contributed by atoms with Crippen molar-refractivity contribution in [3.8, 4) is 0 Å². The number of halogens is 4. The average molecular weight is 378 g/mol. The van der Waals surface area contributed by atoms with Crippen LogP contribution in [0.2, 0.25) is 0 Å². The second-order valence-corrected chi connectivity index (χ2v) is 4.20. The summed E-state index contributed by atoms with van der Waals surface area (Å²) in [5, 5.41) is 9.39. The lowest BCUT2D eigenvalue weighted by atomic mass is 10.2. The van der Waals surface area contributed by atoms with Crippen LogP contribution in [-0.2, 0) is 11.9 Å². The molecule has 1 aromatic rings. The summed E-state index contributed by atoms with van der Waals surface area (Å²) in [7, 11) is 0. The number of pyridine rings is 1. The van der Waals surface area contributed by atoms with Gasteiger partial charge in [-0.3, -0.25) is 0 Å². The standard InChI is InChI=1S/C8H7BrF2INO/c9-2-4-1-5(8(10)11)13-6(3-14)7(4)12/h1,8,14H,2-3H2. The Morgan fingerprint density at radius 1 is 1.57 bits per heavy atom. The number of rotatable bonds is 3. The average Bonchev–Trinajstić information content (AvgIpc) is 2.17. The third-order valence-electron chi connectivity index (χ3n) is 1.64. The van der Waals surface area contributed by atoms with Crippen LogP contribution in [0.25, 0.3) is 0 Å². The molecule has 0 aliphatic carbocycles. The molecule has 0 saturated carbocycles. The first-order chi connectivity index (χ1) is 6.60. The molecule has 2 nitrogen and oxygen atoms in total. The first-order valence-corrected chi connectivity index (χ1v) is 5.93. The fraction of sp³-hybridized carbons (Fsp3) is 0.375. The lowest BCUT2D eigenvalue weighted by Crippen LogP contribution is -2.02. The molecule has 0 bridgehead atoms. The molecule has 0 atom stereocenters. The van der Waals surface area contributed by atoms with E-state index in [0.717, 1.165) is 9.13 Å². The van der Waals surface area contributed by atoms with Gasteiger partial charge in [0.05, 0.1) is 12.3 Å². The van der Waals surface area contributed by atoms with Gasteiger partial charge in [-0.05, 0) is 34.2 Å². The number of aliphatic hydroxyl groups is 1. The molecular weight excluding hydrogens is 371 g/mol. The summed E-state index contributed by atoms with van der Waals surface area (Å²) in [6.07, 6.45) is -2.60. The minimum absolute atomic E-state index is 0.288. The maximum absolute atomic E-state index is 12.4. The van der Waals surface area contributed by atoms with Gasteiger partial charge >= 0.3 is 0 Å². The second kappa shape index (κ2) is 5.32. The molecule has 78 valence electrons. The molecule has 0 radical (unpaired) electrons. The highest BCUT2D eigenvalue weighted by molar-refractivity contribution is 14.1. The maximum Gasteiger partial charge on any atom is 0.280 e. The van der Waals surface area contributed by atoms with Crippen LogP contribution >= 0.6 is 38.5 Å². The first-order valence-electron chi connectivity index (χ1n) is 3.73. The monoisotopic (exact) mass is 377 g/mol. The summed E-state index contributed by atoms with van der Waals surface area (Å²) in [4.78, 5) is 3.67. The molecule has 6 heteroatoms. The second-order valence-electron chi connectivity index (χ2n) is 2.56. The molecule has 0 unspecified atom stereocenters. The van der Waals surface area contributed by atoms with E-state index in [1.54, 1.807) is 0 Å². The van der Waals surface area contributed by atoms with Gasteiger partial charge < -0.3 is 5.11 Å². The van der Waals surface area contributed by atoms with E-state index in [-0.39, 0.29) is 12.3 Å². The first kappa shape index (κ1) is 12.3. The van der Waals surface area contributed by atoms with Gasteiger partial charge in [-0.25, -0.2) is 13.8 Å². The molecule has 0 aliphatic heterocycles. The lowest BCUT2D eigenvalue weighted by Gasteiger charge is -2.08. The van der Waals surface area contributed by atoms with Crippen LogP contribution in [0, 0.1) is 3.57 Å². The van der Waals surface area contributed by atoms with E-state index in [2.05, 4.69) is 20.9 Å². The molecule has 14 heavy (non-hydrogen) atoms. The van der Waals surface area contributed by atoms with Crippen LogP contribution in [0.15, 0.2) is 6.07 Å². The van der Waals surface area contributed by atoms with Gasteiger partial charge in [0.1, 0.15) is 5.69 Å². The molecule has 1 aromatic heterocycles. The third-order valence-corrected chi connectivity index (χ3v) is 3.56. The van der Waals surface area contributed by atoms with Crippen molar-refractivity contribution in [2.75, 3.05) is 0 Å². The Balaban J connectivity index is 3.25. The van der Waals surface area contributed by atoms with E-state index in [1.165, 1.54) is 6.07 Å². The van der Waals surface area contributed by atoms with E-state index in [0.29, 0.717) is 11.0 Å². The minimum atomic E-state index is -2.60. The predicted octanol–water partition coefficient (Wildman–Crippen LogP) is 3.01. The zero-order valence-corrected chi connectivity index (χ0v) is 10.7. The number of hydrogen-bond acceptors (Lipinski definition) is 2. The molecule has 0 aromatic carbocycles. The van der Waals surface area contributed by atoms with Gasteiger partial charge in [0.25, 0.3) is 6.43 Å². The molecule has 0 fully saturated rings. The van der Waals surface area contributed by atoms with Crippen molar-refractivity contribution in [1.82, 2.24) is 4.98 Å². The Kier molecular flexibility index (Phi) is 4.65. The van der Waals surface area contributed by atoms with Crippen LogP contribution < -0.4 is 0 Å². The Labute approximate surface area is 102 Å². The van der Waals surface area contributed by atoms with Crippen molar-refractivity contribution in [3.05, 3.63) is 26.6 Å². The molecular formula is C8H7BrF2INO. The summed E-state index contributed by atoms with van der Waals surface area (Å²) in [5.74, 6) is 0. The van der Waals surface area contributed by atoms with Crippen molar-refractivity contribution in [1.29, 1.82) is 0 Å². The quantitative estimate of drug-likeness (QED) is 0.648. The molecule has 0 spiro atoms. The topological polar surface area (TPSA) is 33.1 Å². The van der Waals surface area contributed by atoms with Crippen LogP contribution in [0.5, 0.6) is 0 Å². The van der Waals surface area contributed by atoms with E-state index < -0.39 is 6.43 Å². The highest BCUT2D eigenvalue weighted by Crippen LogP contribution is 2.24. The van der Waals surface area contributed by atoms with Crippen molar-refractivity contribution in [2.24, 2.45) is 0 Å². The van der Waals surface area contributed by atoms with E-state index in [4.69, 9.17) is 5.11 Å². The highest BCUT2D eigenvalue weighted by Gasteiger charge is 2.14. The predicted molar refractivity (Wildman–Crippen MR) is 60.5 cm³/mol. The Hall–Kier alpha value is 0.180. The summed E-state index contributed by atoms with van der Waals surface area (Å²) < 4.78 is 25.5.